The van der Waals surface area contributed by atoms with Crippen LogP contribution in [0.4, 0.5) is 0 Å². The van der Waals surface area contributed by atoms with E-state index >= 15 is 0 Å². The Morgan fingerprint density at radius 2 is 1.00 bits per heavy atom. The molecule has 3 radical (unpaired) electrons. The van der Waals surface area contributed by atoms with Crippen molar-refractivity contribution in [1.82, 2.24) is 0 Å². The molecule has 0 rings (SSSR count). The van der Waals surface area contributed by atoms with Gasteiger partial charge >= 0.3 is 26.2 Å². The van der Waals surface area contributed by atoms with Gasteiger partial charge in [-0.05, 0) is 0 Å². The molecular weight excluding hydrogens is 92.6 g/mol. The molecule has 4 nitrogen and oxygen atoms in total. The normalized spacial score (nSPS) is 4.71. The second-order valence-electron chi connectivity index (χ2n) is 0.346. The van der Waals surface area contributed by atoms with Crippen molar-refractivity contribution in [1.29, 1.82) is 0 Å². The summed E-state index contributed by atoms with van der Waals surface area (Å²) in [7, 11) is 1.33. The van der Waals surface area contributed by atoms with Gasteiger partial charge in [-0.3, -0.25) is 0 Å². The van der Waals surface area contributed by atoms with Crippen LogP contribution in [0.2, 0.25) is 0 Å². The van der Waals surface area contributed by atoms with E-state index in [9.17, 15) is 0 Å². The quantitative estimate of drug-likeness (QED) is 0.227. The average Bonchev–Trinajstić information content (AvgIpc) is 1.41. The summed E-state index contributed by atoms with van der Waals surface area (Å²) < 4.78 is 0. The Bertz CT molecular complexity index is 14.4. The number of rotatable bonds is 0. The summed E-state index contributed by atoms with van der Waals surface area (Å²) in [6.07, 6.45) is 0. The van der Waals surface area contributed by atoms with Gasteiger partial charge in [-0.2, -0.15) is 0 Å². The van der Waals surface area contributed by atoms with Crippen molar-refractivity contribution < 1.29 is 39.0 Å². The predicted octanol–water partition coefficient (Wildman–Crippen LogP) is -5.99. The van der Waals surface area contributed by atoms with E-state index in [1.165, 1.54) is 0 Å². The molecule has 35 valence electrons. The molecule has 0 fully saturated rings. The molecule has 0 heterocycles. The molecular formula is H4B2LiO4. The third kappa shape index (κ3) is 426. The minimum atomic E-state index is -2.17. The molecule has 0 saturated heterocycles. The van der Waals surface area contributed by atoms with E-state index < -0.39 is 7.32 Å². The van der Waals surface area contributed by atoms with Crippen molar-refractivity contribution in [2.24, 2.45) is 0 Å². The molecule has 0 aromatic carbocycles. The third-order valence-corrected chi connectivity index (χ3v) is 0. The Morgan fingerprint density at radius 1 is 1.00 bits per heavy atom. The maximum atomic E-state index is 7.17. The summed E-state index contributed by atoms with van der Waals surface area (Å²) in [6, 6.07) is 0. The molecule has 4 N–H and O–H groups in total. The fourth-order valence-electron chi connectivity index (χ4n) is 0. The summed E-state index contributed by atoms with van der Waals surface area (Å²) in [5, 5.41) is 28.0. The molecule has 0 aliphatic carbocycles. The van der Waals surface area contributed by atoms with Crippen LogP contribution in [0.5, 0.6) is 0 Å². The molecule has 0 bridgehead atoms. The Hall–Kier alpha value is 0.567. The second-order valence-corrected chi connectivity index (χ2v) is 0.346. The first-order chi connectivity index (χ1) is 2.73. The van der Waals surface area contributed by atoms with Gasteiger partial charge in [0, 0.05) is 0 Å². The van der Waals surface area contributed by atoms with E-state index in [0.717, 1.165) is 0 Å². The first kappa shape index (κ1) is 15.6. The van der Waals surface area contributed by atoms with Crippen molar-refractivity contribution in [3.8, 4) is 0 Å². The maximum Gasteiger partial charge on any atom is 1.00 e. The molecule has 0 unspecified atom stereocenters. The zero-order valence-electron chi connectivity index (χ0n) is 3.94. The fourth-order valence-corrected chi connectivity index (χ4v) is 0. The monoisotopic (exact) mass is 97.0 g/mol. The summed E-state index contributed by atoms with van der Waals surface area (Å²) in [6.45, 7) is 0. The van der Waals surface area contributed by atoms with E-state index in [2.05, 4.69) is 8.05 Å². The van der Waals surface area contributed by atoms with Crippen LogP contribution in [0, 0.1) is 0 Å². The van der Waals surface area contributed by atoms with Crippen LogP contribution in [0.25, 0.3) is 0 Å². The summed E-state index contributed by atoms with van der Waals surface area (Å²) in [4.78, 5) is 0. The van der Waals surface area contributed by atoms with Crippen LogP contribution in [0.15, 0.2) is 0 Å². The minimum absolute atomic E-state index is 0. The zero-order chi connectivity index (χ0) is 5.58. The van der Waals surface area contributed by atoms with Gasteiger partial charge in [0.25, 0.3) is 0 Å². The Labute approximate surface area is 55.0 Å². The first-order valence-electron chi connectivity index (χ1n) is 1.03. The molecule has 0 aromatic heterocycles. The Morgan fingerprint density at radius 3 is 1.00 bits per heavy atom. The van der Waals surface area contributed by atoms with Crippen molar-refractivity contribution >= 4 is 15.4 Å². The zero-order valence-corrected chi connectivity index (χ0v) is 3.94. The van der Waals surface area contributed by atoms with E-state index in [0.29, 0.717) is 0 Å². The molecule has 0 aliphatic heterocycles. The molecule has 0 saturated carbocycles. The van der Waals surface area contributed by atoms with Crippen LogP contribution in [-0.4, -0.2) is 35.5 Å². The molecule has 0 aliphatic rings. The number of hydrogen-bond donors (Lipinski definition) is 4. The standard InChI is InChI=1S/BH3O3.BHO.Li/c2-1(3)4;1-2;/h2-4H;2H;/q;-1;+1. The van der Waals surface area contributed by atoms with Crippen LogP contribution in [-0.2, 0) is 0 Å². The number of hydrogen-bond acceptors (Lipinski definition) is 4. The fraction of sp³-hybridized carbons (Fsp3) is 0. The molecule has 0 aromatic rings. The van der Waals surface area contributed by atoms with Crippen LogP contribution >= 0.6 is 0 Å². The Balaban J connectivity index is -0.0000000480. The van der Waals surface area contributed by atoms with E-state index in [-0.39, 0.29) is 18.9 Å². The smallest absolute Gasteiger partial charge is 0.715 e. The largest absolute Gasteiger partial charge is 1.00 e. The van der Waals surface area contributed by atoms with Gasteiger partial charge in [0.05, 0.1) is 0 Å². The molecule has 0 amide bonds. The Kier molecular flexibility index (Phi) is 35.8. The van der Waals surface area contributed by atoms with E-state index in [1.54, 1.807) is 0 Å². The van der Waals surface area contributed by atoms with Gasteiger partial charge in [0.2, 0.25) is 0 Å². The van der Waals surface area contributed by atoms with E-state index in [4.69, 9.17) is 20.1 Å². The van der Waals surface area contributed by atoms with Gasteiger partial charge in [-0.15, -0.1) is 0 Å². The molecule has 0 spiro atoms. The first-order valence-corrected chi connectivity index (χ1v) is 1.03. The van der Waals surface area contributed by atoms with Gasteiger partial charge in [0.15, 0.2) is 0 Å². The van der Waals surface area contributed by atoms with Gasteiger partial charge < -0.3 is 28.1 Å². The van der Waals surface area contributed by atoms with Crippen molar-refractivity contribution in [3.63, 3.8) is 0 Å². The molecule has 7 heavy (non-hydrogen) atoms. The average molecular weight is 96.6 g/mol. The summed E-state index contributed by atoms with van der Waals surface area (Å²) in [5.74, 6) is 0. The SMILES string of the molecule is OB(O)O.[B-]O.[Li+]. The molecule has 7 heteroatoms. The van der Waals surface area contributed by atoms with Crippen molar-refractivity contribution in [3.05, 3.63) is 0 Å². The van der Waals surface area contributed by atoms with E-state index in [1.807, 2.05) is 0 Å². The van der Waals surface area contributed by atoms with Crippen molar-refractivity contribution in [2.75, 3.05) is 0 Å². The van der Waals surface area contributed by atoms with Gasteiger partial charge in [-0.25, -0.2) is 0 Å². The second kappa shape index (κ2) is 16.0. The minimum Gasteiger partial charge on any atom is -0.715 e. The van der Waals surface area contributed by atoms with Crippen LogP contribution in [0.1, 0.15) is 0 Å². The van der Waals surface area contributed by atoms with Gasteiger partial charge in [0.1, 0.15) is 0 Å². The van der Waals surface area contributed by atoms with Gasteiger partial charge in [-0.1, -0.05) is 0 Å². The predicted molar refractivity (Wildman–Crippen MR) is 20.4 cm³/mol. The summed E-state index contributed by atoms with van der Waals surface area (Å²) >= 11 is 0. The molecule has 0 atom stereocenters. The maximum absolute atomic E-state index is 7.17. The van der Waals surface area contributed by atoms with Crippen LogP contribution < -0.4 is 18.9 Å². The third-order valence-electron chi connectivity index (χ3n) is 0. The summed E-state index contributed by atoms with van der Waals surface area (Å²) in [5.41, 5.74) is 0. The van der Waals surface area contributed by atoms with Crippen molar-refractivity contribution in [2.45, 2.75) is 0 Å². The van der Waals surface area contributed by atoms with Crippen LogP contribution in [0.3, 0.4) is 0 Å². The topological polar surface area (TPSA) is 80.9 Å².